The first-order valence-electron chi connectivity index (χ1n) is 3.22. The lowest BCUT2D eigenvalue weighted by Crippen LogP contribution is -2.26. The lowest BCUT2D eigenvalue weighted by molar-refractivity contribution is 0.103. The summed E-state index contributed by atoms with van der Waals surface area (Å²) in [7, 11) is 3.61. The fraction of sp³-hybridized carbons (Fsp3) is 1.00. The molecule has 0 aromatic rings. The lowest BCUT2D eigenvalue weighted by Gasteiger charge is -2.11. The van der Waals surface area contributed by atoms with Crippen molar-refractivity contribution in [1.29, 1.82) is 0 Å². The summed E-state index contributed by atoms with van der Waals surface area (Å²) in [6.45, 7) is 1.58. The molecular formula is C6H16N2O. The maximum absolute atomic E-state index is 5.37. The van der Waals surface area contributed by atoms with E-state index in [2.05, 4.69) is 5.32 Å². The highest BCUT2D eigenvalue weighted by Gasteiger charge is 2.01. The Morgan fingerprint density at radius 1 is 1.67 bits per heavy atom. The third kappa shape index (κ3) is 4.39. The molecule has 9 heavy (non-hydrogen) atoms. The zero-order valence-electron chi connectivity index (χ0n) is 6.18. The minimum absolute atomic E-state index is 0.220. The molecule has 56 valence electrons. The van der Waals surface area contributed by atoms with Crippen LogP contribution in [0.3, 0.4) is 0 Å². The van der Waals surface area contributed by atoms with Crippen molar-refractivity contribution in [3.8, 4) is 0 Å². The molecule has 0 saturated heterocycles. The average molecular weight is 132 g/mol. The highest BCUT2D eigenvalue weighted by Crippen LogP contribution is 1.91. The molecule has 0 aliphatic carbocycles. The van der Waals surface area contributed by atoms with E-state index in [1.807, 2.05) is 7.05 Å². The van der Waals surface area contributed by atoms with E-state index in [1.165, 1.54) is 0 Å². The van der Waals surface area contributed by atoms with Gasteiger partial charge in [-0.15, -0.1) is 0 Å². The van der Waals surface area contributed by atoms with Crippen LogP contribution in [0.1, 0.15) is 6.42 Å². The molecule has 1 unspecified atom stereocenters. The molecule has 0 heterocycles. The van der Waals surface area contributed by atoms with Gasteiger partial charge >= 0.3 is 0 Å². The number of methoxy groups -OCH3 is 1. The topological polar surface area (TPSA) is 47.3 Å². The number of ether oxygens (including phenoxy) is 1. The van der Waals surface area contributed by atoms with Crippen LogP contribution in [0.15, 0.2) is 0 Å². The normalized spacial score (nSPS) is 13.7. The van der Waals surface area contributed by atoms with Crippen LogP contribution >= 0.6 is 0 Å². The Hall–Kier alpha value is -0.120. The molecule has 0 aromatic carbocycles. The van der Waals surface area contributed by atoms with Gasteiger partial charge in [-0.05, 0) is 20.0 Å². The minimum Gasteiger partial charge on any atom is -0.380 e. The van der Waals surface area contributed by atoms with Crippen LogP contribution in [-0.2, 0) is 4.74 Å². The molecule has 3 nitrogen and oxygen atoms in total. The summed E-state index contributed by atoms with van der Waals surface area (Å²) in [6.07, 6.45) is 1.21. The average Bonchev–Trinajstić information content (AvgIpc) is 1.91. The number of hydrogen-bond donors (Lipinski definition) is 2. The van der Waals surface area contributed by atoms with Gasteiger partial charge in [0.15, 0.2) is 0 Å². The number of rotatable bonds is 5. The first-order chi connectivity index (χ1) is 4.35. The van der Waals surface area contributed by atoms with Gasteiger partial charge in [-0.2, -0.15) is 0 Å². The Balaban J connectivity index is 3.09. The summed E-state index contributed by atoms with van der Waals surface area (Å²) in [6, 6.07) is 0. The SMILES string of the molecule is CNCCC(CN)OC. The Kier molecular flexibility index (Phi) is 5.93. The zero-order chi connectivity index (χ0) is 7.11. The summed E-state index contributed by atoms with van der Waals surface area (Å²) < 4.78 is 5.04. The summed E-state index contributed by atoms with van der Waals surface area (Å²) >= 11 is 0. The van der Waals surface area contributed by atoms with E-state index in [9.17, 15) is 0 Å². The molecule has 3 N–H and O–H groups in total. The highest BCUT2D eigenvalue weighted by molar-refractivity contribution is 4.58. The third-order valence-electron chi connectivity index (χ3n) is 1.31. The molecule has 3 heteroatoms. The van der Waals surface area contributed by atoms with Crippen LogP contribution in [0, 0.1) is 0 Å². The zero-order valence-corrected chi connectivity index (χ0v) is 6.18. The van der Waals surface area contributed by atoms with E-state index >= 15 is 0 Å². The van der Waals surface area contributed by atoms with Crippen molar-refractivity contribution >= 4 is 0 Å². The van der Waals surface area contributed by atoms with E-state index in [4.69, 9.17) is 10.5 Å². The van der Waals surface area contributed by atoms with Gasteiger partial charge < -0.3 is 15.8 Å². The number of nitrogens with one attached hydrogen (secondary N) is 1. The van der Waals surface area contributed by atoms with E-state index < -0.39 is 0 Å². The first kappa shape index (κ1) is 8.88. The van der Waals surface area contributed by atoms with Crippen LogP contribution in [0.25, 0.3) is 0 Å². The lowest BCUT2D eigenvalue weighted by atomic mass is 10.2. The standard InChI is InChI=1S/C6H16N2O/c1-8-4-3-6(5-7)9-2/h6,8H,3-5,7H2,1-2H3. The van der Waals surface area contributed by atoms with Gasteiger partial charge in [0.25, 0.3) is 0 Å². The molecular weight excluding hydrogens is 116 g/mol. The van der Waals surface area contributed by atoms with Gasteiger partial charge in [0, 0.05) is 13.7 Å². The van der Waals surface area contributed by atoms with Crippen molar-refractivity contribution in [2.24, 2.45) is 5.73 Å². The second-order valence-corrected chi connectivity index (χ2v) is 1.99. The summed E-state index contributed by atoms with van der Waals surface area (Å²) in [5.41, 5.74) is 5.37. The van der Waals surface area contributed by atoms with Crippen molar-refractivity contribution in [1.82, 2.24) is 5.32 Å². The molecule has 0 fully saturated rings. The molecule has 0 aliphatic rings. The Morgan fingerprint density at radius 3 is 2.67 bits per heavy atom. The Morgan fingerprint density at radius 2 is 2.33 bits per heavy atom. The molecule has 0 aromatic heterocycles. The van der Waals surface area contributed by atoms with Gasteiger partial charge in [0.05, 0.1) is 6.10 Å². The molecule has 1 atom stereocenters. The minimum atomic E-state index is 0.220. The van der Waals surface area contributed by atoms with Gasteiger partial charge in [-0.25, -0.2) is 0 Å². The van der Waals surface area contributed by atoms with Crippen LogP contribution < -0.4 is 11.1 Å². The Labute approximate surface area is 56.6 Å². The fourth-order valence-electron chi connectivity index (χ4n) is 0.637. The van der Waals surface area contributed by atoms with Gasteiger partial charge in [-0.1, -0.05) is 0 Å². The fourth-order valence-corrected chi connectivity index (χ4v) is 0.637. The summed E-state index contributed by atoms with van der Waals surface area (Å²) in [4.78, 5) is 0. The highest BCUT2D eigenvalue weighted by atomic mass is 16.5. The summed E-state index contributed by atoms with van der Waals surface area (Å²) in [5.74, 6) is 0. The van der Waals surface area contributed by atoms with Crippen molar-refractivity contribution in [2.45, 2.75) is 12.5 Å². The Bertz CT molecular complexity index is 55.0. The van der Waals surface area contributed by atoms with E-state index in [1.54, 1.807) is 7.11 Å². The van der Waals surface area contributed by atoms with Crippen LogP contribution in [0.4, 0.5) is 0 Å². The van der Waals surface area contributed by atoms with Gasteiger partial charge in [-0.3, -0.25) is 0 Å². The van der Waals surface area contributed by atoms with E-state index in [0.29, 0.717) is 6.54 Å². The molecule has 0 radical (unpaired) electrons. The summed E-state index contributed by atoms with van der Waals surface area (Å²) in [5, 5.41) is 3.03. The molecule has 0 rings (SSSR count). The second kappa shape index (κ2) is 6.01. The van der Waals surface area contributed by atoms with Crippen molar-refractivity contribution < 1.29 is 4.74 Å². The predicted molar refractivity (Wildman–Crippen MR) is 38.4 cm³/mol. The van der Waals surface area contributed by atoms with Gasteiger partial charge in [0.2, 0.25) is 0 Å². The molecule has 0 bridgehead atoms. The number of hydrogen-bond acceptors (Lipinski definition) is 3. The van der Waals surface area contributed by atoms with E-state index in [-0.39, 0.29) is 6.10 Å². The van der Waals surface area contributed by atoms with Crippen molar-refractivity contribution in [3.63, 3.8) is 0 Å². The van der Waals surface area contributed by atoms with Crippen molar-refractivity contribution in [2.75, 3.05) is 27.2 Å². The maximum atomic E-state index is 5.37. The molecule has 0 spiro atoms. The van der Waals surface area contributed by atoms with Crippen LogP contribution in [0.2, 0.25) is 0 Å². The molecule has 0 aliphatic heterocycles. The number of nitrogens with two attached hydrogens (primary N) is 1. The molecule has 0 saturated carbocycles. The monoisotopic (exact) mass is 132 g/mol. The van der Waals surface area contributed by atoms with Gasteiger partial charge in [0.1, 0.15) is 0 Å². The smallest absolute Gasteiger partial charge is 0.0705 e. The van der Waals surface area contributed by atoms with Crippen LogP contribution in [0.5, 0.6) is 0 Å². The predicted octanol–water partition coefficient (Wildman–Crippen LogP) is -0.430. The first-order valence-corrected chi connectivity index (χ1v) is 3.22. The quantitative estimate of drug-likeness (QED) is 0.533. The molecule has 0 amide bonds. The third-order valence-corrected chi connectivity index (χ3v) is 1.31. The largest absolute Gasteiger partial charge is 0.380 e. The van der Waals surface area contributed by atoms with Crippen LogP contribution in [-0.4, -0.2) is 33.4 Å². The second-order valence-electron chi connectivity index (χ2n) is 1.99. The maximum Gasteiger partial charge on any atom is 0.0705 e. The van der Waals surface area contributed by atoms with Crippen molar-refractivity contribution in [3.05, 3.63) is 0 Å². The van der Waals surface area contributed by atoms with E-state index in [0.717, 1.165) is 13.0 Å².